The lowest BCUT2D eigenvalue weighted by Gasteiger charge is -2.40. The van der Waals surface area contributed by atoms with Crippen LogP contribution in [0.1, 0.15) is 45.7 Å². The first-order chi connectivity index (χ1) is 12.9. The van der Waals surface area contributed by atoms with Crippen LogP contribution in [0.15, 0.2) is 6.33 Å². The normalized spacial score (nSPS) is 21.0. The molecule has 1 N–H and O–H groups in total. The van der Waals surface area contributed by atoms with E-state index in [9.17, 15) is 5.11 Å². The second-order valence-corrected chi connectivity index (χ2v) is 8.35. The van der Waals surface area contributed by atoms with Crippen molar-refractivity contribution in [3.8, 4) is 0 Å². The first kappa shape index (κ1) is 20.0. The second kappa shape index (κ2) is 8.52. The summed E-state index contributed by atoms with van der Waals surface area (Å²) in [4.78, 5) is 13.7. The van der Waals surface area contributed by atoms with E-state index in [2.05, 4.69) is 45.2 Å². The van der Waals surface area contributed by atoms with Crippen LogP contribution in [-0.4, -0.2) is 69.1 Å². The van der Waals surface area contributed by atoms with Crippen LogP contribution >= 0.6 is 0 Å². The third-order valence-electron chi connectivity index (χ3n) is 5.42. The van der Waals surface area contributed by atoms with Crippen LogP contribution < -0.4 is 4.90 Å². The van der Waals surface area contributed by atoms with E-state index in [-0.39, 0.29) is 12.1 Å². The molecule has 2 aromatic heterocycles. The van der Waals surface area contributed by atoms with Gasteiger partial charge in [-0.1, -0.05) is 27.2 Å². The zero-order chi connectivity index (χ0) is 19.6. The summed E-state index contributed by atoms with van der Waals surface area (Å²) in [6, 6.07) is 0.104. The van der Waals surface area contributed by atoms with Crippen molar-refractivity contribution in [3.05, 3.63) is 12.0 Å². The molecule has 0 bridgehead atoms. The Labute approximate surface area is 162 Å². The predicted molar refractivity (Wildman–Crippen MR) is 109 cm³/mol. The van der Waals surface area contributed by atoms with Crippen molar-refractivity contribution in [1.82, 2.24) is 24.6 Å². The van der Waals surface area contributed by atoms with Gasteiger partial charge in [0.15, 0.2) is 5.65 Å². The standard InChI is InChI=1S/C20H34N6O/c1-6-7-9-26-20-18(15(23-26)11-14(2)3)19(21-13-22-20)25-10-8-17(27)16(12-25)24(4)5/h13-14,16-17,27H,6-12H2,1-5H3/t16-,17-/m0/s1. The number of nitrogens with zero attached hydrogens (tertiary/aromatic N) is 6. The molecule has 3 heterocycles. The van der Waals surface area contributed by atoms with Crippen molar-refractivity contribution in [2.75, 3.05) is 32.1 Å². The van der Waals surface area contributed by atoms with Gasteiger partial charge in [0.25, 0.3) is 0 Å². The fourth-order valence-electron chi connectivity index (χ4n) is 3.92. The molecular formula is C20H34N6O. The predicted octanol–water partition coefficient (Wildman–Crippen LogP) is 2.33. The van der Waals surface area contributed by atoms with Gasteiger partial charge in [-0.15, -0.1) is 0 Å². The van der Waals surface area contributed by atoms with Gasteiger partial charge in [-0.3, -0.25) is 0 Å². The van der Waals surface area contributed by atoms with E-state index in [0.29, 0.717) is 5.92 Å². The molecule has 150 valence electrons. The zero-order valence-electron chi connectivity index (χ0n) is 17.4. The third-order valence-corrected chi connectivity index (χ3v) is 5.42. The summed E-state index contributed by atoms with van der Waals surface area (Å²) in [5.74, 6) is 1.49. The Bertz CT molecular complexity index is 756. The topological polar surface area (TPSA) is 70.3 Å². The maximum Gasteiger partial charge on any atom is 0.163 e. The van der Waals surface area contributed by atoms with Crippen LogP contribution in [0.3, 0.4) is 0 Å². The summed E-state index contributed by atoms with van der Waals surface area (Å²) in [5.41, 5.74) is 2.04. The lowest BCUT2D eigenvalue weighted by atomic mass is 10.0. The van der Waals surface area contributed by atoms with Crippen molar-refractivity contribution >= 4 is 16.9 Å². The Morgan fingerprint density at radius 2 is 2.07 bits per heavy atom. The number of anilines is 1. The third kappa shape index (κ3) is 4.24. The number of aryl methyl sites for hydroxylation is 1. The Morgan fingerprint density at radius 3 is 2.74 bits per heavy atom. The molecule has 1 saturated heterocycles. The molecule has 2 aromatic rings. The molecule has 0 saturated carbocycles. The van der Waals surface area contributed by atoms with Crippen molar-refractivity contribution in [1.29, 1.82) is 0 Å². The maximum absolute atomic E-state index is 10.4. The first-order valence-corrected chi connectivity index (χ1v) is 10.2. The Hall–Kier alpha value is -1.73. The SMILES string of the molecule is CCCCn1nc(CC(C)C)c2c(N3CC[C@H](O)[C@@H](N(C)C)C3)ncnc21. The number of aliphatic hydroxyl groups is 1. The van der Waals surface area contributed by atoms with Crippen molar-refractivity contribution in [2.45, 2.75) is 65.1 Å². The van der Waals surface area contributed by atoms with Crippen LogP contribution in [-0.2, 0) is 13.0 Å². The summed E-state index contributed by atoms with van der Waals surface area (Å²) in [6.07, 6.45) is 5.26. The Morgan fingerprint density at radius 1 is 1.30 bits per heavy atom. The van der Waals surface area contributed by atoms with Crippen LogP contribution in [0.25, 0.3) is 11.0 Å². The number of rotatable bonds is 7. The fraction of sp³-hybridized carbons (Fsp3) is 0.750. The minimum Gasteiger partial charge on any atom is -0.391 e. The molecule has 0 radical (unpaired) electrons. The highest BCUT2D eigenvalue weighted by Gasteiger charge is 2.31. The molecule has 0 spiro atoms. The van der Waals surface area contributed by atoms with Crippen LogP contribution in [0, 0.1) is 5.92 Å². The van der Waals surface area contributed by atoms with E-state index >= 15 is 0 Å². The largest absolute Gasteiger partial charge is 0.391 e. The molecule has 0 aliphatic carbocycles. The van der Waals surface area contributed by atoms with E-state index in [0.717, 1.165) is 67.9 Å². The highest BCUT2D eigenvalue weighted by molar-refractivity contribution is 5.90. The van der Waals surface area contributed by atoms with Gasteiger partial charge < -0.3 is 14.9 Å². The maximum atomic E-state index is 10.4. The highest BCUT2D eigenvalue weighted by Crippen LogP contribution is 2.30. The number of likely N-dealkylation sites (N-methyl/N-ethyl adjacent to an activating group) is 1. The van der Waals surface area contributed by atoms with Gasteiger partial charge in [0, 0.05) is 19.6 Å². The molecule has 7 heteroatoms. The van der Waals surface area contributed by atoms with Gasteiger partial charge in [0.2, 0.25) is 0 Å². The molecular weight excluding hydrogens is 340 g/mol. The highest BCUT2D eigenvalue weighted by atomic mass is 16.3. The van der Waals surface area contributed by atoms with Crippen molar-refractivity contribution in [3.63, 3.8) is 0 Å². The molecule has 7 nitrogen and oxygen atoms in total. The van der Waals surface area contributed by atoms with Gasteiger partial charge in [0.05, 0.1) is 23.2 Å². The molecule has 3 rings (SSSR count). The number of hydrogen-bond acceptors (Lipinski definition) is 6. The monoisotopic (exact) mass is 374 g/mol. The van der Waals surface area contributed by atoms with Crippen molar-refractivity contribution in [2.24, 2.45) is 5.92 Å². The molecule has 1 aliphatic rings. The average Bonchev–Trinajstić information content (AvgIpc) is 2.97. The van der Waals surface area contributed by atoms with Gasteiger partial charge in [-0.25, -0.2) is 14.6 Å². The van der Waals surface area contributed by atoms with Gasteiger partial charge >= 0.3 is 0 Å². The molecule has 0 aromatic carbocycles. The van der Waals surface area contributed by atoms with Gasteiger partial charge in [0.1, 0.15) is 12.1 Å². The van der Waals surface area contributed by atoms with Crippen LogP contribution in [0.4, 0.5) is 5.82 Å². The minimum atomic E-state index is -0.295. The summed E-state index contributed by atoms with van der Waals surface area (Å²) in [6.45, 7) is 9.10. The van der Waals surface area contributed by atoms with E-state index in [1.807, 2.05) is 14.1 Å². The molecule has 0 unspecified atom stereocenters. The van der Waals surface area contributed by atoms with E-state index in [1.165, 1.54) is 0 Å². The minimum absolute atomic E-state index is 0.104. The summed E-state index contributed by atoms with van der Waals surface area (Å²) >= 11 is 0. The quantitative estimate of drug-likeness (QED) is 0.802. The smallest absolute Gasteiger partial charge is 0.163 e. The molecule has 0 amide bonds. The van der Waals surface area contributed by atoms with Gasteiger partial charge in [-0.05, 0) is 39.3 Å². The van der Waals surface area contributed by atoms with Gasteiger partial charge in [-0.2, -0.15) is 5.10 Å². The Kier molecular flexibility index (Phi) is 6.32. The van der Waals surface area contributed by atoms with E-state index < -0.39 is 0 Å². The summed E-state index contributed by atoms with van der Waals surface area (Å²) in [5, 5.41) is 16.4. The average molecular weight is 375 g/mol. The summed E-state index contributed by atoms with van der Waals surface area (Å²) < 4.78 is 2.06. The second-order valence-electron chi connectivity index (χ2n) is 8.35. The number of hydrogen-bond donors (Lipinski definition) is 1. The lowest BCUT2D eigenvalue weighted by Crippen LogP contribution is -2.53. The summed E-state index contributed by atoms with van der Waals surface area (Å²) in [7, 11) is 4.06. The number of piperidine rings is 1. The molecule has 27 heavy (non-hydrogen) atoms. The molecule has 2 atom stereocenters. The van der Waals surface area contributed by atoms with E-state index in [1.54, 1.807) is 6.33 Å². The zero-order valence-corrected chi connectivity index (χ0v) is 17.4. The van der Waals surface area contributed by atoms with Crippen LogP contribution in [0.5, 0.6) is 0 Å². The van der Waals surface area contributed by atoms with Crippen molar-refractivity contribution < 1.29 is 5.11 Å². The lowest BCUT2D eigenvalue weighted by molar-refractivity contribution is 0.0602. The molecule has 1 fully saturated rings. The number of aromatic nitrogens is 4. The Balaban J connectivity index is 2.03. The van der Waals surface area contributed by atoms with E-state index in [4.69, 9.17) is 5.10 Å². The fourth-order valence-corrected chi connectivity index (χ4v) is 3.92. The number of fused-ring (bicyclic) bond motifs is 1. The first-order valence-electron chi connectivity index (χ1n) is 10.2. The molecule has 1 aliphatic heterocycles. The number of unbranched alkanes of at least 4 members (excludes halogenated alkanes) is 1. The number of aliphatic hydroxyl groups excluding tert-OH is 1. The van der Waals surface area contributed by atoms with Crippen LogP contribution in [0.2, 0.25) is 0 Å².